The number of nitrogens with one attached hydrogen (secondary N) is 1. The van der Waals surface area contributed by atoms with Crippen molar-refractivity contribution in [1.82, 2.24) is 5.32 Å². The van der Waals surface area contributed by atoms with Gasteiger partial charge < -0.3 is 11.1 Å². The highest BCUT2D eigenvalue weighted by Gasteiger charge is 2.09. The summed E-state index contributed by atoms with van der Waals surface area (Å²) in [5.74, 6) is -0.990. The van der Waals surface area contributed by atoms with E-state index in [1.54, 1.807) is 12.1 Å². The third-order valence-corrected chi connectivity index (χ3v) is 3.05. The smallest absolute Gasteiger partial charge is 0.248 e. The van der Waals surface area contributed by atoms with Crippen molar-refractivity contribution in [1.29, 1.82) is 0 Å². The van der Waals surface area contributed by atoms with E-state index in [4.69, 9.17) is 5.73 Å². The molecule has 0 aromatic heterocycles. The van der Waals surface area contributed by atoms with E-state index < -0.39 is 5.91 Å². The van der Waals surface area contributed by atoms with Gasteiger partial charge >= 0.3 is 0 Å². The Morgan fingerprint density at radius 1 is 1.44 bits per heavy atom. The highest BCUT2D eigenvalue weighted by molar-refractivity contribution is 5.92. The second kappa shape index (κ2) is 7.11. The topological polar surface area (TPSA) is 55.1 Å². The zero-order chi connectivity index (χ0) is 13.5. The molecule has 0 heterocycles. The Labute approximate surface area is 108 Å². The second-order valence-corrected chi connectivity index (χ2v) is 4.45. The second-order valence-electron chi connectivity index (χ2n) is 4.45. The van der Waals surface area contributed by atoms with Gasteiger partial charge in [-0.25, -0.2) is 4.39 Å². The maximum atomic E-state index is 13.7. The summed E-state index contributed by atoms with van der Waals surface area (Å²) in [6.45, 7) is 4.72. The lowest BCUT2D eigenvalue weighted by Gasteiger charge is -2.16. The Balaban J connectivity index is 2.65. The van der Waals surface area contributed by atoms with E-state index in [2.05, 4.69) is 19.2 Å². The van der Waals surface area contributed by atoms with Gasteiger partial charge in [0.1, 0.15) is 5.82 Å². The fourth-order valence-electron chi connectivity index (χ4n) is 1.90. The average Bonchev–Trinajstić information content (AvgIpc) is 2.35. The number of primary amides is 1. The van der Waals surface area contributed by atoms with E-state index in [-0.39, 0.29) is 11.4 Å². The molecule has 1 amide bonds. The standard InChI is InChI=1S/C14H21FN2O/c1-3-5-12(4-2)17-9-11-7-6-10(14(16)18)8-13(11)15/h6-8,12,17H,3-5,9H2,1-2H3,(H2,16,18). The van der Waals surface area contributed by atoms with E-state index in [0.717, 1.165) is 19.3 Å². The molecule has 4 heteroatoms. The molecule has 0 aliphatic heterocycles. The van der Waals surface area contributed by atoms with Gasteiger partial charge in [0.2, 0.25) is 5.91 Å². The molecule has 0 spiro atoms. The van der Waals surface area contributed by atoms with Crippen LogP contribution in [0.15, 0.2) is 18.2 Å². The van der Waals surface area contributed by atoms with Gasteiger partial charge in [-0.1, -0.05) is 26.3 Å². The SMILES string of the molecule is CCCC(CC)NCc1ccc(C(N)=O)cc1F. The van der Waals surface area contributed by atoms with E-state index >= 15 is 0 Å². The molecule has 100 valence electrons. The highest BCUT2D eigenvalue weighted by Crippen LogP contribution is 2.11. The van der Waals surface area contributed by atoms with E-state index in [9.17, 15) is 9.18 Å². The molecule has 0 aliphatic carbocycles. The normalized spacial score (nSPS) is 12.4. The van der Waals surface area contributed by atoms with E-state index in [0.29, 0.717) is 18.2 Å². The van der Waals surface area contributed by atoms with Crippen molar-refractivity contribution in [3.05, 3.63) is 35.1 Å². The maximum absolute atomic E-state index is 13.7. The van der Waals surface area contributed by atoms with Gasteiger partial charge in [0.05, 0.1) is 0 Å². The maximum Gasteiger partial charge on any atom is 0.248 e. The number of benzene rings is 1. The first kappa shape index (κ1) is 14.6. The van der Waals surface area contributed by atoms with Crippen LogP contribution in [0.5, 0.6) is 0 Å². The zero-order valence-corrected chi connectivity index (χ0v) is 11.0. The van der Waals surface area contributed by atoms with Gasteiger partial charge in [0, 0.05) is 23.7 Å². The molecule has 3 nitrogen and oxygen atoms in total. The molecule has 1 atom stereocenters. The van der Waals surface area contributed by atoms with Crippen molar-refractivity contribution < 1.29 is 9.18 Å². The van der Waals surface area contributed by atoms with Crippen LogP contribution in [0, 0.1) is 5.82 Å². The third kappa shape index (κ3) is 4.11. The summed E-state index contributed by atoms with van der Waals surface area (Å²) >= 11 is 0. The lowest BCUT2D eigenvalue weighted by molar-refractivity contribution is 0.1000. The molecule has 0 fully saturated rings. The molecular formula is C14H21FN2O. The minimum atomic E-state index is -0.606. The van der Waals surface area contributed by atoms with Crippen molar-refractivity contribution in [2.75, 3.05) is 0 Å². The molecule has 0 bridgehead atoms. The molecule has 0 radical (unpaired) electrons. The van der Waals surface area contributed by atoms with Crippen LogP contribution in [-0.2, 0) is 6.54 Å². The molecular weight excluding hydrogens is 231 g/mol. The van der Waals surface area contributed by atoms with Crippen LogP contribution in [0.3, 0.4) is 0 Å². The summed E-state index contributed by atoms with van der Waals surface area (Å²) in [5.41, 5.74) is 5.86. The van der Waals surface area contributed by atoms with Crippen LogP contribution in [-0.4, -0.2) is 11.9 Å². The number of carbonyl (C=O) groups excluding carboxylic acids is 1. The molecule has 1 aromatic rings. The minimum Gasteiger partial charge on any atom is -0.366 e. The molecule has 3 N–H and O–H groups in total. The summed E-state index contributed by atoms with van der Waals surface area (Å²) in [5, 5.41) is 3.32. The van der Waals surface area contributed by atoms with E-state index in [1.165, 1.54) is 6.07 Å². The number of hydrogen-bond acceptors (Lipinski definition) is 2. The lowest BCUT2D eigenvalue weighted by Crippen LogP contribution is -2.28. The van der Waals surface area contributed by atoms with Gasteiger partial charge in [-0.05, 0) is 25.0 Å². The first-order chi connectivity index (χ1) is 8.58. The van der Waals surface area contributed by atoms with Gasteiger partial charge in [0.25, 0.3) is 0 Å². The third-order valence-electron chi connectivity index (χ3n) is 3.05. The van der Waals surface area contributed by atoms with Crippen LogP contribution < -0.4 is 11.1 Å². The molecule has 0 saturated heterocycles. The highest BCUT2D eigenvalue weighted by atomic mass is 19.1. The number of carbonyl (C=O) groups is 1. The Morgan fingerprint density at radius 2 is 2.17 bits per heavy atom. The van der Waals surface area contributed by atoms with Gasteiger partial charge in [-0.2, -0.15) is 0 Å². The van der Waals surface area contributed by atoms with Crippen molar-refractivity contribution in [3.8, 4) is 0 Å². The predicted molar refractivity (Wildman–Crippen MR) is 70.7 cm³/mol. The fourth-order valence-corrected chi connectivity index (χ4v) is 1.90. The van der Waals surface area contributed by atoms with Gasteiger partial charge in [-0.15, -0.1) is 0 Å². The first-order valence-electron chi connectivity index (χ1n) is 6.40. The summed E-state index contributed by atoms with van der Waals surface area (Å²) in [6, 6.07) is 4.77. The first-order valence-corrected chi connectivity index (χ1v) is 6.40. The van der Waals surface area contributed by atoms with Gasteiger partial charge in [-0.3, -0.25) is 4.79 Å². The minimum absolute atomic E-state index is 0.205. The number of hydrogen-bond donors (Lipinski definition) is 2. The molecule has 1 unspecified atom stereocenters. The summed E-state index contributed by atoms with van der Waals surface area (Å²) in [7, 11) is 0. The molecule has 0 saturated carbocycles. The Hall–Kier alpha value is -1.42. The monoisotopic (exact) mass is 252 g/mol. The number of amides is 1. The van der Waals surface area contributed by atoms with Gasteiger partial charge in [0.15, 0.2) is 0 Å². The average molecular weight is 252 g/mol. The van der Waals surface area contributed by atoms with Crippen LogP contribution in [0.2, 0.25) is 0 Å². The van der Waals surface area contributed by atoms with Crippen LogP contribution in [0.25, 0.3) is 0 Å². The zero-order valence-electron chi connectivity index (χ0n) is 11.0. The fraction of sp³-hybridized carbons (Fsp3) is 0.500. The summed E-state index contributed by atoms with van der Waals surface area (Å²) in [4.78, 5) is 10.9. The Bertz CT molecular complexity index is 407. The lowest BCUT2D eigenvalue weighted by atomic mass is 10.1. The van der Waals surface area contributed by atoms with E-state index in [1.807, 2.05) is 0 Å². The number of nitrogens with two attached hydrogens (primary N) is 1. The number of halogens is 1. The quantitative estimate of drug-likeness (QED) is 0.783. The predicted octanol–water partition coefficient (Wildman–Crippen LogP) is 2.59. The molecule has 0 aliphatic rings. The molecule has 1 rings (SSSR count). The Morgan fingerprint density at radius 3 is 2.67 bits per heavy atom. The number of rotatable bonds is 7. The largest absolute Gasteiger partial charge is 0.366 e. The van der Waals surface area contributed by atoms with Crippen molar-refractivity contribution >= 4 is 5.91 Å². The molecule has 1 aromatic carbocycles. The summed E-state index contributed by atoms with van der Waals surface area (Å²) in [6.07, 6.45) is 3.21. The van der Waals surface area contributed by atoms with Crippen molar-refractivity contribution in [2.45, 2.75) is 45.7 Å². The van der Waals surface area contributed by atoms with Crippen LogP contribution in [0.1, 0.15) is 49.0 Å². The van der Waals surface area contributed by atoms with Crippen LogP contribution in [0.4, 0.5) is 4.39 Å². The van der Waals surface area contributed by atoms with Crippen molar-refractivity contribution in [3.63, 3.8) is 0 Å². The summed E-state index contributed by atoms with van der Waals surface area (Å²) < 4.78 is 13.7. The van der Waals surface area contributed by atoms with Crippen LogP contribution >= 0.6 is 0 Å². The Kier molecular flexibility index (Phi) is 5.78. The van der Waals surface area contributed by atoms with Crippen molar-refractivity contribution in [2.24, 2.45) is 5.73 Å². The molecule has 18 heavy (non-hydrogen) atoms.